The van der Waals surface area contributed by atoms with Gasteiger partial charge in [0, 0.05) is 17.8 Å². The fraction of sp³-hybridized carbons (Fsp3) is 0.455. The van der Waals surface area contributed by atoms with Gasteiger partial charge in [0.2, 0.25) is 0 Å². The van der Waals surface area contributed by atoms with E-state index in [0.29, 0.717) is 30.4 Å². The van der Waals surface area contributed by atoms with Gasteiger partial charge < -0.3 is 9.64 Å². The Morgan fingerprint density at radius 3 is 2.79 bits per heavy atom. The van der Waals surface area contributed by atoms with E-state index in [9.17, 15) is 4.79 Å². The number of hydrogen-bond donors (Lipinski definition) is 0. The number of fused-ring (bicyclic) bond motifs is 2. The fourth-order valence-electron chi connectivity index (χ4n) is 3.96. The highest BCUT2D eigenvalue weighted by Gasteiger charge is 2.33. The minimum atomic E-state index is -0.223. The predicted octanol–water partition coefficient (Wildman–Crippen LogP) is 3.81. The van der Waals surface area contributed by atoms with Gasteiger partial charge in [0.1, 0.15) is 6.61 Å². The maximum Gasteiger partial charge on any atom is 0.259 e. The topological polar surface area (TPSA) is 73.1 Å². The lowest BCUT2D eigenvalue weighted by Crippen LogP contribution is -2.38. The van der Waals surface area contributed by atoms with Crippen LogP contribution in [-0.4, -0.2) is 38.8 Å². The molecule has 150 valence electrons. The first-order valence-corrected chi connectivity index (χ1v) is 10.1. The number of amides is 1. The first kappa shape index (κ1) is 18.1. The third-order valence-electron chi connectivity index (χ3n) is 5.57. The van der Waals surface area contributed by atoms with Crippen molar-refractivity contribution in [2.75, 3.05) is 18.1 Å². The van der Waals surface area contributed by atoms with Crippen LogP contribution < -0.4 is 9.64 Å². The van der Waals surface area contributed by atoms with Gasteiger partial charge in [-0.1, -0.05) is 0 Å². The number of carbonyl (C=O) groups is 1. The smallest absolute Gasteiger partial charge is 0.259 e. The van der Waals surface area contributed by atoms with Crippen LogP contribution in [0.25, 0.3) is 11.0 Å². The summed E-state index contributed by atoms with van der Waals surface area (Å²) >= 11 is 0. The molecule has 4 heterocycles. The number of aryl methyl sites for hydroxylation is 1. The number of rotatable bonds is 2. The second-order valence-corrected chi connectivity index (χ2v) is 8.88. The van der Waals surface area contributed by atoms with Crippen molar-refractivity contribution < 1.29 is 9.53 Å². The van der Waals surface area contributed by atoms with Crippen LogP contribution in [0.15, 0.2) is 24.5 Å². The van der Waals surface area contributed by atoms with Crippen LogP contribution in [0.4, 0.5) is 5.69 Å². The molecule has 0 bridgehead atoms. The molecule has 1 fully saturated rings. The number of aromatic nitrogens is 4. The monoisotopic (exact) mass is 391 g/mol. The van der Waals surface area contributed by atoms with Gasteiger partial charge >= 0.3 is 0 Å². The maximum absolute atomic E-state index is 13.8. The molecular formula is C22H25N5O2. The Morgan fingerprint density at radius 1 is 1.28 bits per heavy atom. The normalized spacial score (nSPS) is 16.6. The second-order valence-electron chi connectivity index (χ2n) is 8.88. The van der Waals surface area contributed by atoms with Crippen molar-refractivity contribution in [2.24, 2.45) is 0 Å². The SMILES string of the molecule is Cc1nn(C(C)(C)C)c2nc(C3CC3)cc(C(=O)N3CCOc4cnccc43)c12. The zero-order valence-electron chi connectivity index (χ0n) is 17.3. The van der Waals surface area contributed by atoms with Gasteiger partial charge in [-0.15, -0.1) is 0 Å². The summed E-state index contributed by atoms with van der Waals surface area (Å²) in [7, 11) is 0. The quantitative estimate of drug-likeness (QED) is 0.664. The van der Waals surface area contributed by atoms with Crippen LogP contribution in [0, 0.1) is 6.92 Å². The Hall–Kier alpha value is -2.96. The molecule has 0 N–H and O–H groups in total. The molecule has 1 saturated carbocycles. The first-order valence-electron chi connectivity index (χ1n) is 10.1. The lowest BCUT2D eigenvalue weighted by atomic mass is 10.0. The Labute approximate surface area is 169 Å². The minimum absolute atomic E-state index is 0.0355. The summed E-state index contributed by atoms with van der Waals surface area (Å²) in [6.45, 7) is 9.24. The van der Waals surface area contributed by atoms with Crippen molar-refractivity contribution in [2.45, 2.75) is 52.0 Å². The van der Waals surface area contributed by atoms with E-state index in [4.69, 9.17) is 14.8 Å². The van der Waals surface area contributed by atoms with E-state index < -0.39 is 0 Å². The lowest BCUT2D eigenvalue weighted by molar-refractivity contribution is 0.0978. The molecule has 3 aromatic heterocycles. The van der Waals surface area contributed by atoms with Crippen LogP contribution in [0.3, 0.4) is 0 Å². The van der Waals surface area contributed by atoms with Crippen molar-refractivity contribution in [3.63, 3.8) is 0 Å². The molecule has 1 amide bonds. The van der Waals surface area contributed by atoms with Gasteiger partial charge in [-0.2, -0.15) is 5.10 Å². The molecule has 2 aliphatic rings. The number of anilines is 1. The van der Waals surface area contributed by atoms with Crippen LogP contribution in [-0.2, 0) is 5.54 Å². The van der Waals surface area contributed by atoms with Crippen LogP contribution in [0.5, 0.6) is 5.75 Å². The Bertz CT molecular complexity index is 1120. The van der Waals surface area contributed by atoms with Crippen molar-refractivity contribution in [3.8, 4) is 5.75 Å². The average molecular weight is 391 g/mol. The van der Waals surface area contributed by atoms with Gasteiger partial charge in [0.05, 0.1) is 40.6 Å². The van der Waals surface area contributed by atoms with E-state index in [0.717, 1.165) is 41.0 Å². The maximum atomic E-state index is 13.8. The zero-order valence-corrected chi connectivity index (χ0v) is 17.3. The summed E-state index contributed by atoms with van der Waals surface area (Å²) in [5.74, 6) is 1.05. The Kier molecular flexibility index (Phi) is 3.91. The summed E-state index contributed by atoms with van der Waals surface area (Å²) in [4.78, 5) is 24.6. The zero-order chi connectivity index (χ0) is 20.3. The second kappa shape index (κ2) is 6.27. The highest BCUT2D eigenvalue weighted by molar-refractivity contribution is 6.14. The van der Waals surface area contributed by atoms with E-state index in [2.05, 4.69) is 25.8 Å². The standard InChI is InChI=1S/C22H25N5O2/c1-13-19-15(21(28)26-9-10-29-18-12-23-8-7-17(18)26)11-16(14-5-6-14)24-20(19)27(25-13)22(2,3)4/h7-8,11-12,14H,5-6,9-10H2,1-4H3. The summed E-state index contributed by atoms with van der Waals surface area (Å²) in [6.07, 6.45) is 5.60. The summed E-state index contributed by atoms with van der Waals surface area (Å²) in [6, 6.07) is 3.82. The first-order chi connectivity index (χ1) is 13.8. The van der Waals surface area contributed by atoms with E-state index in [1.165, 1.54) is 0 Å². The Balaban J connectivity index is 1.71. The molecule has 29 heavy (non-hydrogen) atoms. The van der Waals surface area contributed by atoms with E-state index in [-0.39, 0.29) is 11.4 Å². The highest BCUT2D eigenvalue weighted by Crippen LogP contribution is 2.41. The highest BCUT2D eigenvalue weighted by atomic mass is 16.5. The molecule has 0 unspecified atom stereocenters. The molecule has 7 heteroatoms. The summed E-state index contributed by atoms with van der Waals surface area (Å²) in [5.41, 5.74) is 3.83. The van der Waals surface area contributed by atoms with Gasteiger partial charge in [0.15, 0.2) is 11.4 Å². The van der Waals surface area contributed by atoms with Crippen molar-refractivity contribution in [1.29, 1.82) is 0 Å². The van der Waals surface area contributed by atoms with E-state index >= 15 is 0 Å². The van der Waals surface area contributed by atoms with Gasteiger partial charge in [-0.3, -0.25) is 9.78 Å². The molecule has 0 atom stereocenters. The van der Waals surface area contributed by atoms with Crippen molar-refractivity contribution >= 4 is 22.6 Å². The molecule has 1 aliphatic carbocycles. The number of carbonyl (C=O) groups excluding carboxylic acids is 1. The molecule has 7 nitrogen and oxygen atoms in total. The van der Waals surface area contributed by atoms with E-state index in [1.807, 2.05) is 23.7 Å². The average Bonchev–Trinajstić information content (AvgIpc) is 3.49. The third-order valence-corrected chi connectivity index (χ3v) is 5.57. The predicted molar refractivity (Wildman–Crippen MR) is 111 cm³/mol. The van der Waals surface area contributed by atoms with Crippen molar-refractivity contribution in [3.05, 3.63) is 41.5 Å². The molecule has 5 rings (SSSR count). The largest absolute Gasteiger partial charge is 0.488 e. The number of nitrogens with zero attached hydrogens (tertiary/aromatic N) is 5. The van der Waals surface area contributed by atoms with Crippen molar-refractivity contribution in [1.82, 2.24) is 19.7 Å². The van der Waals surface area contributed by atoms with Crippen LogP contribution in [0.2, 0.25) is 0 Å². The molecule has 0 saturated heterocycles. The molecule has 0 spiro atoms. The van der Waals surface area contributed by atoms with Crippen LogP contribution >= 0.6 is 0 Å². The summed E-state index contributed by atoms with van der Waals surface area (Å²) < 4.78 is 7.64. The molecule has 1 aliphatic heterocycles. The summed E-state index contributed by atoms with van der Waals surface area (Å²) in [5, 5.41) is 5.61. The number of hydrogen-bond acceptors (Lipinski definition) is 5. The van der Waals surface area contributed by atoms with Gasteiger partial charge in [0.25, 0.3) is 5.91 Å². The molecular weight excluding hydrogens is 366 g/mol. The lowest BCUT2D eigenvalue weighted by Gasteiger charge is -2.29. The number of ether oxygens (including phenoxy) is 1. The van der Waals surface area contributed by atoms with E-state index in [1.54, 1.807) is 17.3 Å². The molecule has 0 radical (unpaired) electrons. The minimum Gasteiger partial charge on any atom is -0.488 e. The van der Waals surface area contributed by atoms with Crippen LogP contribution in [0.1, 0.15) is 61.3 Å². The molecule has 0 aromatic carbocycles. The van der Waals surface area contributed by atoms with Gasteiger partial charge in [-0.25, -0.2) is 9.67 Å². The fourth-order valence-corrected chi connectivity index (χ4v) is 3.96. The van der Waals surface area contributed by atoms with Gasteiger partial charge in [-0.05, 0) is 52.7 Å². The molecule has 3 aromatic rings. The number of pyridine rings is 2. The Morgan fingerprint density at radius 2 is 2.07 bits per heavy atom. The third kappa shape index (κ3) is 2.96.